The summed E-state index contributed by atoms with van der Waals surface area (Å²) in [4.78, 5) is 25.3. The first-order valence-electron chi connectivity index (χ1n) is 6.04. The number of carbonyl (C=O) groups is 2. The van der Waals surface area contributed by atoms with E-state index in [0.717, 1.165) is 19.4 Å². The monoisotopic (exact) mass is 231 g/mol. The van der Waals surface area contributed by atoms with Crippen molar-refractivity contribution in [2.24, 2.45) is 0 Å². The zero-order chi connectivity index (χ0) is 12.3. The molecule has 1 aliphatic heterocycles. The second kappa shape index (κ2) is 5.13. The van der Waals surface area contributed by atoms with Crippen LogP contribution in [0.25, 0.3) is 0 Å². The highest BCUT2D eigenvalue weighted by molar-refractivity contribution is 5.94. The second-order valence-corrected chi connectivity index (χ2v) is 4.57. The maximum Gasteiger partial charge on any atom is 0.254 e. The molecule has 0 saturated carbocycles. The van der Waals surface area contributed by atoms with Crippen molar-refractivity contribution in [2.45, 2.75) is 32.2 Å². The van der Waals surface area contributed by atoms with Gasteiger partial charge in [-0.15, -0.1) is 0 Å². The Kier molecular flexibility index (Phi) is 3.57. The predicted molar refractivity (Wildman–Crippen MR) is 65.8 cm³/mol. The molecule has 3 heteroatoms. The van der Waals surface area contributed by atoms with Crippen LogP contribution >= 0.6 is 0 Å². The van der Waals surface area contributed by atoms with Crippen molar-refractivity contribution in [2.75, 3.05) is 6.54 Å². The molecule has 1 aromatic rings. The summed E-state index contributed by atoms with van der Waals surface area (Å²) in [5, 5.41) is 0. The Labute approximate surface area is 101 Å². The summed E-state index contributed by atoms with van der Waals surface area (Å²) in [5.74, 6) is 0.206. The summed E-state index contributed by atoms with van der Waals surface area (Å²) in [6.07, 6.45) is 2.42. The Morgan fingerprint density at radius 1 is 1.29 bits per heavy atom. The SMILES string of the molecule is CC(=O)CC1CCCN1C(=O)c1ccccc1. The average Bonchev–Trinajstić information content (AvgIpc) is 2.76. The molecule has 0 aliphatic carbocycles. The maximum atomic E-state index is 12.3. The van der Waals surface area contributed by atoms with Crippen LogP contribution in [-0.2, 0) is 4.79 Å². The Morgan fingerprint density at radius 3 is 2.65 bits per heavy atom. The number of nitrogens with zero attached hydrogens (tertiary/aromatic N) is 1. The van der Waals surface area contributed by atoms with E-state index < -0.39 is 0 Å². The van der Waals surface area contributed by atoms with Crippen LogP contribution in [-0.4, -0.2) is 29.2 Å². The van der Waals surface area contributed by atoms with Gasteiger partial charge in [-0.3, -0.25) is 9.59 Å². The van der Waals surface area contributed by atoms with Crippen molar-refractivity contribution in [1.82, 2.24) is 4.90 Å². The van der Waals surface area contributed by atoms with E-state index in [-0.39, 0.29) is 17.7 Å². The van der Waals surface area contributed by atoms with Crippen molar-refractivity contribution in [3.8, 4) is 0 Å². The smallest absolute Gasteiger partial charge is 0.254 e. The van der Waals surface area contributed by atoms with Crippen LogP contribution in [0.1, 0.15) is 36.5 Å². The zero-order valence-electron chi connectivity index (χ0n) is 10.1. The molecule has 1 fully saturated rings. The molecule has 1 saturated heterocycles. The van der Waals surface area contributed by atoms with Gasteiger partial charge in [0.15, 0.2) is 0 Å². The van der Waals surface area contributed by atoms with Crippen LogP contribution in [0, 0.1) is 0 Å². The molecule has 0 aromatic heterocycles. The first-order chi connectivity index (χ1) is 8.18. The van der Waals surface area contributed by atoms with E-state index in [2.05, 4.69) is 0 Å². The molecule has 1 unspecified atom stereocenters. The van der Waals surface area contributed by atoms with Crippen molar-refractivity contribution >= 4 is 11.7 Å². The van der Waals surface area contributed by atoms with Crippen LogP contribution in [0.5, 0.6) is 0 Å². The van der Waals surface area contributed by atoms with E-state index in [1.807, 2.05) is 35.2 Å². The van der Waals surface area contributed by atoms with Crippen LogP contribution in [0.2, 0.25) is 0 Å². The number of hydrogen-bond donors (Lipinski definition) is 0. The summed E-state index contributed by atoms with van der Waals surface area (Å²) in [6, 6.07) is 9.37. The lowest BCUT2D eigenvalue weighted by molar-refractivity contribution is -0.117. The lowest BCUT2D eigenvalue weighted by atomic mass is 10.1. The van der Waals surface area contributed by atoms with E-state index in [1.165, 1.54) is 0 Å². The Balaban J connectivity index is 2.11. The quantitative estimate of drug-likeness (QED) is 0.800. The summed E-state index contributed by atoms with van der Waals surface area (Å²) in [6.45, 7) is 2.36. The minimum Gasteiger partial charge on any atom is -0.335 e. The van der Waals surface area contributed by atoms with Crippen molar-refractivity contribution in [3.05, 3.63) is 35.9 Å². The van der Waals surface area contributed by atoms with Crippen molar-refractivity contribution in [3.63, 3.8) is 0 Å². The Bertz CT molecular complexity index is 413. The summed E-state index contributed by atoms with van der Waals surface area (Å²) in [5.41, 5.74) is 0.711. The van der Waals surface area contributed by atoms with E-state index in [4.69, 9.17) is 0 Å². The molecule has 90 valence electrons. The minimum atomic E-state index is 0.0503. The summed E-state index contributed by atoms with van der Waals surface area (Å²) >= 11 is 0. The topological polar surface area (TPSA) is 37.4 Å². The molecule has 1 atom stereocenters. The first kappa shape index (κ1) is 11.8. The molecule has 0 radical (unpaired) electrons. The fraction of sp³-hybridized carbons (Fsp3) is 0.429. The molecule has 1 aliphatic rings. The normalized spacial score (nSPS) is 19.4. The van der Waals surface area contributed by atoms with Gasteiger partial charge < -0.3 is 4.90 Å². The molecule has 0 spiro atoms. The van der Waals surface area contributed by atoms with Gasteiger partial charge in [-0.1, -0.05) is 18.2 Å². The molecule has 3 nitrogen and oxygen atoms in total. The number of benzene rings is 1. The molecule has 1 aromatic carbocycles. The fourth-order valence-electron chi connectivity index (χ4n) is 2.39. The summed E-state index contributed by atoms with van der Waals surface area (Å²) in [7, 11) is 0. The number of rotatable bonds is 3. The van der Waals surface area contributed by atoms with Crippen LogP contribution < -0.4 is 0 Å². The number of ketones is 1. The second-order valence-electron chi connectivity index (χ2n) is 4.57. The van der Waals surface area contributed by atoms with Gasteiger partial charge in [-0.2, -0.15) is 0 Å². The third-order valence-corrected chi connectivity index (χ3v) is 3.18. The van der Waals surface area contributed by atoms with Crippen LogP contribution in [0.4, 0.5) is 0 Å². The molecule has 17 heavy (non-hydrogen) atoms. The van der Waals surface area contributed by atoms with Crippen molar-refractivity contribution < 1.29 is 9.59 Å². The van der Waals surface area contributed by atoms with Gasteiger partial charge in [0.25, 0.3) is 5.91 Å². The van der Waals surface area contributed by atoms with Gasteiger partial charge in [0.1, 0.15) is 5.78 Å². The van der Waals surface area contributed by atoms with E-state index in [1.54, 1.807) is 6.92 Å². The van der Waals surface area contributed by atoms with Crippen LogP contribution in [0.15, 0.2) is 30.3 Å². The predicted octanol–water partition coefficient (Wildman–Crippen LogP) is 2.27. The lowest BCUT2D eigenvalue weighted by Gasteiger charge is -2.24. The molecule has 1 amide bonds. The third kappa shape index (κ3) is 2.73. The highest BCUT2D eigenvalue weighted by Gasteiger charge is 2.29. The lowest BCUT2D eigenvalue weighted by Crippen LogP contribution is -2.36. The van der Waals surface area contributed by atoms with Gasteiger partial charge in [0, 0.05) is 24.6 Å². The number of likely N-dealkylation sites (tertiary alicyclic amines) is 1. The fourth-order valence-corrected chi connectivity index (χ4v) is 2.39. The van der Waals surface area contributed by atoms with E-state index in [9.17, 15) is 9.59 Å². The van der Waals surface area contributed by atoms with Gasteiger partial charge in [-0.05, 0) is 31.9 Å². The Hall–Kier alpha value is -1.64. The number of hydrogen-bond acceptors (Lipinski definition) is 2. The standard InChI is InChI=1S/C14H17NO2/c1-11(16)10-13-8-5-9-15(13)14(17)12-6-3-2-4-7-12/h2-4,6-7,13H,5,8-10H2,1H3. The van der Waals surface area contributed by atoms with E-state index in [0.29, 0.717) is 12.0 Å². The molecular formula is C14H17NO2. The number of Topliss-reactive ketones (excluding diaryl/α,β-unsaturated/α-hetero) is 1. The van der Waals surface area contributed by atoms with Gasteiger partial charge in [0.2, 0.25) is 0 Å². The highest BCUT2D eigenvalue weighted by atomic mass is 16.2. The largest absolute Gasteiger partial charge is 0.335 e. The van der Waals surface area contributed by atoms with E-state index >= 15 is 0 Å². The summed E-state index contributed by atoms with van der Waals surface area (Å²) < 4.78 is 0. The van der Waals surface area contributed by atoms with Gasteiger partial charge in [0.05, 0.1) is 0 Å². The van der Waals surface area contributed by atoms with Crippen molar-refractivity contribution in [1.29, 1.82) is 0 Å². The maximum absolute atomic E-state index is 12.3. The Morgan fingerprint density at radius 2 is 2.00 bits per heavy atom. The third-order valence-electron chi connectivity index (χ3n) is 3.18. The molecule has 2 rings (SSSR count). The zero-order valence-corrected chi connectivity index (χ0v) is 10.1. The number of amides is 1. The first-order valence-corrected chi connectivity index (χ1v) is 6.04. The minimum absolute atomic E-state index is 0.0503. The molecular weight excluding hydrogens is 214 g/mol. The molecule has 1 heterocycles. The van der Waals surface area contributed by atoms with Crippen LogP contribution in [0.3, 0.4) is 0 Å². The molecule has 0 N–H and O–H groups in total. The number of carbonyl (C=O) groups excluding carboxylic acids is 2. The van der Waals surface area contributed by atoms with Gasteiger partial charge in [-0.25, -0.2) is 0 Å². The highest BCUT2D eigenvalue weighted by Crippen LogP contribution is 2.22. The van der Waals surface area contributed by atoms with Gasteiger partial charge >= 0.3 is 0 Å². The molecule has 0 bridgehead atoms. The average molecular weight is 231 g/mol.